The van der Waals surface area contributed by atoms with Crippen LogP contribution in [0.4, 0.5) is 0 Å². The third kappa shape index (κ3) is 1.47. The number of nitrogens with one attached hydrogen (secondary N) is 1. The summed E-state index contributed by atoms with van der Waals surface area (Å²) >= 11 is 0. The van der Waals surface area contributed by atoms with Crippen LogP contribution in [0.25, 0.3) is 0 Å². The summed E-state index contributed by atoms with van der Waals surface area (Å²) in [5.41, 5.74) is 0.0589. The van der Waals surface area contributed by atoms with Crippen molar-refractivity contribution in [3.63, 3.8) is 0 Å². The number of nitrogens with zero attached hydrogens (tertiary/aromatic N) is 2. The third-order valence-corrected chi connectivity index (χ3v) is 3.77. The summed E-state index contributed by atoms with van der Waals surface area (Å²) in [6, 6.07) is 0. The highest BCUT2D eigenvalue weighted by Crippen LogP contribution is 2.46. The largest absolute Gasteiger partial charge is 0.339 e. The predicted molar refractivity (Wildman–Crippen MR) is 55.7 cm³/mol. The van der Waals surface area contributed by atoms with E-state index in [1.807, 2.05) is 0 Å². The van der Waals surface area contributed by atoms with Gasteiger partial charge < -0.3 is 9.84 Å². The zero-order valence-electron chi connectivity index (χ0n) is 9.29. The Labute approximate surface area is 89.4 Å². The molecule has 0 radical (unpaired) electrons. The maximum atomic E-state index is 5.40. The van der Waals surface area contributed by atoms with Gasteiger partial charge in [-0.3, -0.25) is 0 Å². The van der Waals surface area contributed by atoms with Crippen LogP contribution in [0.1, 0.15) is 44.3 Å². The highest BCUT2D eigenvalue weighted by atomic mass is 16.5. The molecule has 2 fully saturated rings. The molecule has 1 aromatic rings. The molecule has 1 N–H and O–H groups in total. The molecule has 1 saturated heterocycles. The number of rotatable bonds is 2. The molecule has 2 heterocycles. The highest BCUT2D eigenvalue weighted by molar-refractivity contribution is 5.13. The molecule has 1 aliphatic carbocycles. The quantitative estimate of drug-likeness (QED) is 0.797. The van der Waals surface area contributed by atoms with Gasteiger partial charge in [0.2, 0.25) is 5.89 Å². The third-order valence-electron chi connectivity index (χ3n) is 3.77. The molecule has 82 valence electrons. The van der Waals surface area contributed by atoms with Gasteiger partial charge in [0.25, 0.3) is 0 Å². The summed E-state index contributed by atoms with van der Waals surface area (Å²) in [7, 11) is 0. The predicted octanol–water partition coefficient (Wildman–Crippen LogP) is 1.44. The molecule has 0 bridgehead atoms. The number of hydrogen-bond acceptors (Lipinski definition) is 4. The summed E-state index contributed by atoms with van der Waals surface area (Å²) in [5.74, 6) is 3.04. The molecule has 1 aliphatic heterocycles. The topological polar surface area (TPSA) is 51.0 Å². The van der Waals surface area contributed by atoms with Crippen molar-refractivity contribution in [2.45, 2.75) is 38.0 Å². The SMILES string of the molecule is CC1CC1c1noc(C2(C)CCNC2)n1. The molecule has 1 saturated carbocycles. The first-order chi connectivity index (χ1) is 7.19. The van der Waals surface area contributed by atoms with E-state index in [9.17, 15) is 0 Å². The van der Waals surface area contributed by atoms with E-state index in [0.717, 1.165) is 37.1 Å². The molecule has 0 spiro atoms. The normalized spacial score (nSPS) is 39.6. The Balaban J connectivity index is 1.83. The fourth-order valence-electron chi connectivity index (χ4n) is 2.31. The molecular weight excluding hydrogens is 190 g/mol. The fourth-order valence-corrected chi connectivity index (χ4v) is 2.31. The Kier molecular flexibility index (Phi) is 1.89. The van der Waals surface area contributed by atoms with Crippen molar-refractivity contribution in [1.82, 2.24) is 15.5 Å². The summed E-state index contributed by atoms with van der Waals surface area (Å²) < 4.78 is 5.40. The van der Waals surface area contributed by atoms with Crippen LogP contribution in [0.5, 0.6) is 0 Å². The van der Waals surface area contributed by atoms with Gasteiger partial charge in [-0.1, -0.05) is 12.1 Å². The van der Waals surface area contributed by atoms with Crippen molar-refractivity contribution >= 4 is 0 Å². The molecule has 3 rings (SSSR count). The Hall–Kier alpha value is -0.900. The molecule has 0 amide bonds. The Morgan fingerprint density at radius 1 is 1.53 bits per heavy atom. The van der Waals surface area contributed by atoms with Crippen molar-refractivity contribution in [3.05, 3.63) is 11.7 Å². The summed E-state index contributed by atoms with van der Waals surface area (Å²) in [5, 5.41) is 7.45. The van der Waals surface area contributed by atoms with Crippen molar-refractivity contribution in [2.24, 2.45) is 5.92 Å². The average Bonchev–Trinajstić information content (AvgIpc) is 2.73. The zero-order valence-corrected chi connectivity index (χ0v) is 9.29. The minimum atomic E-state index is 0.0589. The highest BCUT2D eigenvalue weighted by Gasteiger charge is 2.41. The van der Waals surface area contributed by atoms with Gasteiger partial charge in [0.15, 0.2) is 5.82 Å². The second-order valence-corrected chi connectivity index (χ2v) is 5.26. The average molecular weight is 207 g/mol. The van der Waals surface area contributed by atoms with Gasteiger partial charge in [-0.05, 0) is 32.2 Å². The molecule has 15 heavy (non-hydrogen) atoms. The van der Waals surface area contributed by atoms with Gasteiger partial charge in [-0.15, -0.1) is 0 Å². The van der Waals surface area contributed by atoms with Gasteiger partial charge in [-0.25, -0.2) is 0 Å². The minimum Gasteiger partial charge on any atom is -0.339 e. The van der Waals surface area contributed by atoms with Crippen molar-refractivity contribution < 1.29 is 4.52 Å². The summed E-state index contributed by atoms with van der Waals surface area (Å²) in [4.78, 5) is 4.56. The molecular formula is C11H17N3O. The smallest absolute Gasteiger partial charge is 0.233 e. The van der Waals surface area contributed by atoms with E-state index in [4.69, 9.17) is 4.52 Å². The van der Waals surface area contributed by atoms with Crippen LogP contribution in [0, 0.1) is 5.92 Å². The second-order valence-electron chi connectivity index (χ2n) is 5.26. The van der Waals surface area contributed by atoms with E-state index < -0.39 is 0 Å². The van der Waals surface area contributed by atoms with Gasteiger partial charge in [0.05, 0.1) is 5.41 Å². The van der Waals surface area contributed by atoms with Crippen LogP contribution in [0.3, 0.4) is 0 Å². The summed E-state index contributed by atoms with van der Waals surface area (Å²) in [6.07, 6.45) is 2.31. The lowest BCUT2D eigenvalue weighted by Gasteiger charge is -2.15. The number of hydrogen-bond donors (Lipinski definition) is 1. The molecule has 4 nitrogen and oxygen atoms in total. The van der Waals surface area contributed by atoms with Gasteiger partial charge in [0, 0.05) is 12.5 Å². The first kappa shape index (κ1) is 9.33. The first-order valence-electron chi connectivity index (χ1n) is 5.74. The second kappa shape index (κ2) is 3.04. The monoisotopic (exact) mass is 207 g/mol. The van der Waals surface area contributed by atoms with E-state index in [-0.39, 0.29) is 5.41 Å². The van der Waals surface area contributed by atoms with E-state index >= 15 is 0 Å². The molecule has 3 unspecified atom stereocenters. The lowest BCUT2D eigenvalue weighted by molar-refractivity contribution is 0.304. The van der Waals surface area contributed by atoms with Gasteiger partial charge >= 0.3 is 0 Å². The van der Waals surface area contributed by atoms with Crippen molar-refractivity contribution in [1.29, 1.82) is 0 Å². The molecule has 0 aromatic carbocycles. The summed E-state index contributed by atoms with van der Waals surface area (Å²) in [6.45, 7) is 6.43. The van der Waals surface area contributed by atoms with Crippen LogP contribution in [0.15, 0.2) is 4.52 Å². The van der Waals surface area contributed by atoms with Gasteiger partial charge in [-0.2, -0.15) is 4.98 Å². The molecule has 3 atom stereocenters. The fraction of sp³-hybridized carbons (Fsp3) is 0.818. The van der Waals surface area contributed by atoms with E-state index in [1.165, 1.54) is 6.42 Å². The lowest BCUT2D eigenvalue weighted by atomic mass is 9.90. The van der Waals surface area contributed by atoms with Crippen molar-refractivity contribution in [2.75, 3.05) is 13.1 Å². The lowest BCUT2D eigenvalue weighted by Crippen LogP contribution is -2.25. The maximum absolute atomic E-state index is 5.40. The van der Waals surface area contributed by atoms with E-state index in [0.29, 0.717) is 5.92 Å². The number of aromatic nitrogens is 2. The first-order valence-corrected chi connectivity index (χ1v) is 5.74. The van der Waals surface area contributed by atoms with Crippen LogP contribution >= 0.6 is 0 Å². The van der Waals surface area contributed by atoms with Gasteiger partial charge in [0.1, 0.15) is 0 Å². The Bertz CT molecular complexity index is 368. The Morgan fingerprint density at radius 2 is 2.33 bits per heavy atom. The Morgan fingerprint density at radius 3 is 2.93 bits per heavy atom. The maximum Gasteiger partial charge on any atom is 0.233 e. The van der Waals surface area contributed by atoms with Crippen LogP contribution < -0.4 is 5.32 Å². The van der Waals surface area contributed by atoms with Crippen LogP contribution in [-0.2, 0) is 5.41 Å². The molecule has 1 aromatic heterocycles. The van der Waals surface area contributed by atoms with Crippen LogP contribution in [-0.4, -0.2) is 23.2 Å². The van der Waals surface area contributed by atoms with E-state index in [1.54, 1.807) is 0 Å². The van der Waals surface area contributed by atoms with Crippen LogP contribution in [0.2, 0.25) is 0 Å². The minimum absolute atomic E-state index is 0.0589. The molecule has 4 heteroatoms. The van der Waals surface area contributed by atoms with E-state index in [2.05, 4.69) is 29.3 Å². The zero-order chi connectivity index (χ0) is 10.5. The molecule has 2 aliphatic rings. The standard InChI is InChI=1S/C11H17N3O/c1-7-5-8(7)9-13-10(15-14-9)11(2)3-4-12-6-11/h7-8,12H,3-6H2,1-2H3. The van der Waals surface area contributed by atoms with Crippen molar-refractivity contribution in [3.8, 4) is 0 Å².